The Morgan fingerprint density at radius 3 is 2.40 bits per heavy atom. The van der Waals surface area contributed by atoms with Gasteiger partial charge in [-0.3, -0.25) is 0 Å². The van der Waals surface area contributed by atoms with Crippen molar-refractivity contribution in [3.63, 3.8) is 0 Å². The molecule has 20 heavy (non-hydrogen) atoms. The smallest absolute Gasteiger partial charge is 0.171 e. The summed E-state index contributed by atoms with van der Waals surface area (Å²) in [6, 6.07) is 17.8. The number of thiocarbonyl (C=S) groups is 1. The maximum Gasteiger partial charge on any atom is 0.171 e. The zero-order valence-electron chi connectivity index (χ0n) is 11.6. The molecule has 104 valence electrons. The monoisotopic (exact) mass is 286 g/mol. The Labute approximate surface area is 125 Å². The van der Waals surface area contributed by atoms with Gasteiger partial charge >= 0.3 is 0 Å². The second kappa shape index (κ2) is 6.91. The van der Waals surface area contributed by atoms with Gasteiger partial charge in [-0.05, 0) is 37.3 Å². The van der Waals surface area contributed by atoms with Crippen molar-refractivity contribution in [1.29, 1.82) is 0 Å². The third-order valence-corrected chi connectivity index (χ3v) is 3.20. The van der Waals surface area contributed by atoms with Crippen molar-refractivity contribution in [3.8, 4) is 5.75 Å². The minimum atomic E-state index is 0.0647. The summed E-state index contributed by atoms with van der Waals surface area (Å²) in [5.74, 6) is 0.856. The van der Waals surface area contributed by atoms with E-state index in [-0.39, 0.29) is 6.04 Å². The second-order valence-electron chi connectivity index (χ2n) is 4.43. The van der Waals surface area contributed by atoms with Gasteiger partial charge in [0.05, 0.1) is 13.2 Å². The number of methoxy groups -OCH3 is 1. The van der Waals surface area contributed by atoms with Gasteiger partial charge in [0, 0.05) is 11.3 Å². The highest BCUT2D eigenvalue weighted by atomic mass is 32.1. The molecule has 0 aliphatic carbocycles. The number of anilines is 1. The van der Waals surface area contributed by atoms with Crippen LogP contribution in [0.25, 0.3) is 0 Å². The maximum atomic E-state index is 5.36. The first-order valence-corrected chi connectivity index (χ1v) is 6.87. The Bertz CT molecular complexity index is 572. The molecule has 4 heteroatoms. The lowest BCUT2D eigenvalue weighted by molar-refractivity contribution is 0.405. The molecule has 2 rings (SSSR count). The van der Waals surface area contributed by atoms with E-state index in [9.17, 15) is 0 Å². The van der Waals surface area contributed by atoms with Crippen molar-refractivity contribution in [2.24, 2.45) is 0 Å². The minimum Gasteiger partial charge on any atom is -0.496 e. The van der Waals surface area contributed by atoms with E-state index in [4.69, 9.17) is 17.0 Å². The molecule has 0 amide bonds. The van der Waals surface area contributed by atoms with E-state index in [1.807, 2.05) is 54.6 Å². The molecule has 3 nitrogen and oxygen atoms in total. The van der Waals surface area contributed by atoms with E-state index >= 15 is 0 Å². The molecule has 0 aliphatic heterocycles. The van der Waals surface area contributed by atoms with Crippen molar-refractivity contribution >= 4 is 23.0 Å². The summed E-state index contributed by atoms with van der Waals surface area (Å²) in [5.41, 5.74) is 2.05. The first-order chi connectivity index (χ1) is 9.70. The topological polar surface area (TPSA) is 33.3 Å². The first-order valence-electron chi connectivity index (χ1n) is 6.46. The lowest BCUT2D eigenvalue weighted by atomic mass is 10.1. The summed E-state index contributed by atoms with van der Waals surface area (Å²) in [5, 5.41) is 7.01. The highest BCUT2D eigenvalue weighted by Crippen LogP contribution is 2.24. The highest BCUT2D eigenvalue weighted by Gasteiger charge is 2.11. The Morgan fingerprint density at radius 2 is 1.70 bits per heavy atom. The average molecular weight is 286 g/mol. The molecule has 0 bridgehead atoms. The molecule has 0 aliphatic rings. The Balaban J connectivity index is 2.00. The molecule has 0 saturated carbocycles. The molecule has 2 N–H and O–H groups in total. The zero-order chi connectivity index (χ0) is 14.4. The van der Waals surface area contributed by atoms with E-state index in [0.717, 1.165) is 17.0 Å². The van der Waals surface area contributed by atoms with Crippen molar-refractivity contribution in [2.45, 2.75) is 13.0 Å². The number of ether oxygens (including phenoxy) is 1. The molecule has 2 aromatic rings. The third kappa shape index (κ3) is 3.71. The van der Waals surface area contributed by atoms with E-state index in [0.29, 0.717) is 5.11 Å². The van der Waals surface area contributed by atoms with Crippen LogP contribution in [0.5, 0.6) is 5.75 Å². The normalized spacial score (nSPS) is 11.5. The van der Waals surface area contributed by atoms with E-state index in [1.54, 1.807) is 7.11 Å². The second-order valence-corrected chi connectivity index (χ2v) is 4.84. The van der Waals surface area contributed by atoms with Crippen LogP contribution in [0.4, 0.5) is 5.69 Å². The predicted molar refractivity (Wildman–Crippen MR) is 87.2 cm³/mol. The fourth-order valence-electron chi connectivity index (χ4n) is 1.99. The number of hydrogen-bond acceptors (Lipinski definition) is 2. The van der Waals surface area contributed by atoms with E-state index < -0.39 is 0 Å². The number of hydrogen-bond donors (Lipinski definition) is 2. The molecular weight excluding hydrogens is 268 g/mol. The highest BCUT2D eigenvalue weighted by molar-refractivity contribution is 7.80. The summed E-state index contributed by atoms with van der Waals surface area (Å²) < 4.78 is 5.36. The average Bonchev–Trinajstić information content (AvgIpc) is 2.48. The third-order valence-electron chi connectivity index (χ3n) is 2.98. The summed E-state index contributed by atoms with van der Waals surface area (Å²) in [4.78, 5) is 0. The van der Waals surface area contributed by atoms with Crippen LogP contribution < -0.4 is 15.4 Å². The van der Waals surface area contributed by atoms with Crippen LogP contribution in [0, 0.1) is 0 Å². The van der Waals surface area contributed by atoms with Crippen molar-refractivity contribution in [1.82, 2.24) is 5.32 Å². The molecule has 0 spiro atoms. The van der Waals surface area contributed by atoms with Crippen LogP contribution in [0.1, 0.15) is 18.5 Å². The Kier molecular flexibility index (Phi) is 4.96. The molecule has 0 fully saturated rings. The number of nitrogens with one attached hydrogen (secondary N) is 2. The van der Waals surface area contributed by atoms with Crippen LogP contribution in [-0.2, 0) is 0 Å². The van der Waals surface area contributed by atoms with Gasteiger partial charge in [-0.1, -0.05) is 36.4 Å². The summed E-state index contributed by atoms with van der Waals surface area (Å²) in [6.07, 6.45) is 0. The quantitative estimate of drug-likeness (QED) is 0.839. The van der Waals surface area contributed by atoms with Gasteiger partial charge in [-0.25, -0.2) is 0 Å². The number of benzene rings is 2. The van der Waals surface area contributed by atoms with Gasteiger partial charge in [-0.15, -0.1) is 0 Å². The van der Waals surface area contributed by atoms with Crippen LogP contribution in [0.2, 0.25) is 0 Å². The van der Waals surface area contributed by atoms with E-state index in [2.05, 4.69) is 17.6 Å². The van der Waals surface area contributed by atoms with Gasteiger partial charge in [-0.2, -0.15) is 0 Å². The number of rotatable bonds is 4. The van der Waals surface area contributed by atoms with Gasteiger partial charge in [0.2, 0.25) is 0 Å². The SMILES string of the molecule is COc1ccccc1[C@H](C)NC(=S)Nc1ccccc1. The van der Waals surface area contributed by atoms with Gasteiger partial charge in [0.15, 0.2) is 5.11 Å². The van der Waals surface area contributed by atoms with Gasteiger partial charge < -0.3 is 15.4 Å². The Hall–Kier alpha value is -2.07. The molecule has 0 saturated heterocycles. The molecule has 0 heterocycles. The standard InChI is InChI=1S/C16H18N2OS/c1-12(14-10-6-7-11-15(14)19-2)17-16(20)18-13-8-4-3-5-9-13/h3-12H,1-2H3,(H2,17,18,20)/t12-/m0/s1. The number of para-hydroxylation sites is 2. The maximum absolute atomic E-state index is 5.36. The Morgan fingerprint density at radius 1 is 1.05 bits per heavy atom. The van der Waals surface area contributed by atoms with Crippen molar-refractivity contribution in [2.75, 3.05) is 12.4 Å². The largest absolute Gasteiger partial charge is 0.496 e. The summed E-state index contributed by atoms with van der Waals surface area (Å²) in [7, 11) is 1.67. The molecule has 0 aromatic heterocycles. The summed E-state index contributed by atoms with van der Waals surface area (Å²) >= 11 is 5.33. The van der Waals surface area contributed by atoms with Crippen LogP contribution in [0.3, 0.4) is 0 Å². The van der Waals surface area contributed by atoms with E-state index in [1.165, 1.54) is 0 Å². The molecule has 0 unspecified atom stereocenters. The lowest BCUT2D eigenvalue weighted by Gasteiger charge is -2.19. The molecule has 0 radical (unpaired) electrons. The zero-order valence-corrected chi connectivity index (χ0v) is 12.4. The minimum absolute atomic E-state index is 0.0647. The van der Waals surface area contributed by atoms with Crippen LogP contribution >= 0.6 is 12.2 Å². The molecule has 1 atom stereocenters. The molecular formula is C16H18N2OS. The lowest BCUT2D eigenvalue weighted by Crippen LogP contribution is -2.31. The summed E-state index contributed by atoms with van der Waals surface area (Å²) in [6.45, 7) is 2.05. The van der Waals surface area contributed by atoms with Gasteiger partial charge in [0.25, 0.3) is 0 Å². The first kappa shape index (κ1) is 14.3. The van der Waals surface area contributed by atoms with Crippen LogP contribution in [-0.4, -0.2) is 12.2 Å². The van der Waals surface area contributed by atoms with Crippen molar-refractivity contribution in [3.05, 3.63) is 60.2 Å². The predicted octanol–water partition coefficient (Wildman–Crippen LogP) is 3.74. The molecule has 2 aromatic carbocycles. The van der Waals surface area contributed by atoms with Crippen molar-refractivity contribution < 1.29 is 4.74 Å². The fraction of sp³-hybridized carbons (Fsp3) is 0.188. The van der Waals surface area contributed by atoms with Crippen LogP contribution in [0.15, 0.2) is 54.6 Å². The fourth-order valence-corrected chi connectivity index (χ4v) is 2.28. The van der Waals surface area contributed by atoms with Gasteiger partial charge in [0.1, 0.15) is 5.75 Å².